The van der Waals surface area contributed by atoms with Gasteiger partial charge < -0.3 is 4.74 Å². The standard InChI is InChI=1S/C9H15BrO/c10-6-8-5-7-3-1-2-4-9(7)11-8/h7-9H,1-6H2. The van der Waals surface area contributed by atoms with Crippen molar-refractivity contribution in [3.05, 3.63) is 0 Å². The van der Waals surface area contributed by atoms with Crippen molar-refractivity contribution in [1.29, 1.82) is 0 Å². The number of ether oxygens (including phenoxy) is 1. The molecule has 1 heterocycles. The fourth-order valence-corrected chi connectivity index (χ4v) is 2.78. The third-order valence-electron chi connectivity index (χ3n) is 2.94. The molecule has 1 aliphatic carbocycles. The van der Waals surface area contributed by atoms with Crippen molar-refractivity contribution in [2.24, 2.45) is 5.92 Å². The van der Waals surface area contributed by atoms with Crippen molar-refractivity contribution in [1.82, 2.24) is 0 Å². The fraction of sp³-hybridized carbons (Fsp3) is 1.00. The highest BCUT2D eigenvalue weighted by molar-refractivity contribution is 9.09. The Hall–Kier alpha value is 0.440. The Morgan fingerprint density at radius 2 is 2.09 bits per heavy atom. The molecule has 64 valence electrons. The van der Waals surface area contributed by atoms with Gasteiger partial charge in [-0.2, -0.15) is 0 Å². The minimum absolute atomic E-state index is 0.517. The summed E-state index contributed by atoms with van der Waals surface area (Å²) in [6, 6.07) is 0. The van der Waals surface area contributed by atoms with Crippen molar-refractivity contribution in [2.45, 2.75) is 44.3 Å². The van der Waals surface area contributed by atoms with Crippen molar-refractivity contribution in [3.8, 4) is 0 Å². The first-order chi connectivity index (χ1) is 5.40. The molecule has 2 heteroatoms. The molecule has 1 nitrogen and oxygen atoms in total. The molecule has 0 aromatic rings. The number of alkyl halides is 1. The zero-order valence-corrected chi connectivity index (χ0v) is 8.35. The summed E-state index contributed by atoms with van der Waals surface area (Å²) in [4.78, 5) is 0. The third kappa shape index (κ3) is 1.62. The van der Waals surface area contributed by atoms with Crippen LogP contribution in [-0.2, 0) is 4.74 Å². The van der Waals surface area contributed by atoms with Gasteiger partial charge in [-0.3, -0.25) is 0 Å². The summed E-state index contributed by atoms with van der Waals surface area (Å²) in [5, 5.41) is 1.03. The molecule has 0 spiro atoms. The first kappa shape index (κ1) is 8.06. The number of hydrogen-bond acceptors (Lipinski definition) is 1. The maximum atomic E-state index is 5.87. The molecule has 3 unspecified atom stereocenters. The lowest BCUT2D eigenvalue weighted by Crippen LogP contribution is -2.20. The minimum Gasteiger partial charge on any atom is -0.374 e. The lowest BCUT2D eigenvalue weighted by atomic mass is 9.86. The zero-order chi connectivity index (χ0) is 7.68. The molecule has 1 saturated heterocycles. The van der Waals surface area contributed by atoms with E-state index in [-0.39, 0.29) is 0 Å². The lowest BCUT2D eigenvalue weighted by Gasteiger charge is -2.23. The molecular formula is C9H15BrO. The second kappa shape index (κ2) is 3.44. The van der Waals surface area contributed by atoms with Gasteiger partial charge in [-0.15, -0.1) is 0 Å². The Labute approximate surface area is 76.6 Å². The number of halogens is 1. The van der Waals surface area contributed by atoms with Crippen molar-refractivity contribution in [2.75, 3.05) is 5.33 Å². The topological polar surface area (TPSA) is 9.23 Å². The van der Waals surface area contributed by atoms with Crippen LogP contribution in [0, 0.1) is 5.92 Å². The molecule has 0 N–H and O–H groups in total. The van der Waals surface area contributed by atoms with Gasteiger partial charge in [0.15, 0.2) is 0 Å². The van der Waals surface area contributed by atoms with Gasteiger partial charge in [0.2, 0.25) is 0 Å². The van der Waals surface area contributed by atoms with Crippen LogP contribution in [0.3, 0.4) is 0 Å². The molecule has 2 rings (SSSR count). The van der Waals surface area contributed by atoms with Gasteiger partial charge >= 0.3 is 0 Å². The average molecular weight is 219 g/mol. The number of rotatable bonds is 1. The zero-order valence-electron chi connectivity index (χ0n) is 6.76. The van der Waals surface area contributed by atoms with Crippen LogP contribution in [0.2, 0.25) is 0 Å². The van der Waals surface area contributed by atoms with Crippen molar-refractivity contribution >= 4 is 15.9 Å². The molecule has 0 aromatic heterocycles. The van der Waals surface area contributed by atoms with Gasteiger partial charge in [0.25, 0.3) is 0 Å². The van der Waals surface area contributed by atoms with Crippen LogP contribution < -0.4 is 0 Å². The van der Waals surface area contributed by atoms with Crippen LogP contribution in [0.25, 0.3) is 0 Å². The maximum absolute atomic E-state index is 5.87. The second-order valence-electron chi connectivity index (χ2n) is 3.73. The molecule has 1 aliphatic heterocycles. The fourth-order valence-electron chi connectivity index (χ4n) is 2.36. The highest BCUT2D eigenvalue weighted by atomic mass is 79.9. The smallest absolute Gasteiger partial charge is 0.0679 e. The van der Waals surface area contributed by atoms with E-state index in [4.69, 9.17) is 4.74 Å². The van der Waals surface area contributed by atoms with E-state index in [2.05, 4.69) is 15.9 Å². The van der Waals surface area contributed by atoms with E-state index in [9.17, 15) is 0 Å². The summed E-state index contributed by atoms with van der Waals surface area (Å²) in [7, 11) is 0. The molecule has 1 saturated carbocycles. The molecule has 2 fully saturated rings. The van der Waals surface area contributed by atoms with Gasteiger partial charge in [0, 0.05) is 5.33 Å². The number of fused-ring (bicyclic) bond motifs is 1. The quantitative estimate of drug-likeness (QED) is 0.616. The van der Waals surface area contributed by atoms with Gasteiger partial charge in [-0.1, -0.05) is 28.8 Å². The largest absolute Gasteiger partial charge is 0.374 e. The predicted octanol–water partition coefficient (Wildman–Crippen LogP) is 2.73. The molecule has 3 atom stereocenters. The van der Waals surface area contributed by atoms with Crippen LogP contribution in [0.15, 0.2) is 0 Å². The molecule has 11 heavy (non-hydrogen) atoms. The second-order valence-corrected chi connectivity index (χ2v) is 4.38. The average Bonchev–Trinajstić information content (AvgIpc) is 2.46. The Balaban J connectivity index is 1.92. The summed E-state index contributed by atoms with van der Waals surface area (Å²) < 4.78 is 5.87. The summed E-state index contributed by atoms with van der Waals surface area (Å²) in [6.45, 7) is 0. The minimum atomic E-state index is 0.517. The van der Waals surface area contributed by atoms with Gasteiger partial charge in [0.1, 0.15) is 0 Å². The normalized spacial score (nSPS) is 43.9. The molecule has 0 bridgehead atoms. The van der Waals surface area contributed by atoms with E-state index >= 15 is 0 Å². The van der Waals surface area contributed by atoms with Gasteiger partial charge in [-0.05, 0) is 25.2 Å². The maximum Gasteiger partial charge on any atom is 0.0679 e. The monoisotopic (exact) mass is 218 g/mol. The van der Waals surface area contributed by atoms with Crippen LogP contribution >= 0.6 is 15.9 Å². The molecule has 0 radical (unpaired) electrons. The van der Waals surface area contributed by atoms with E-state index < -0.39 is 0 Å². The Morgan fingerprint density at radius 3 is 2.82 bits per heavy atom. The summed E-state index contributed by atoms with van der Waals surface area (Å²) in [6.07, 6.45) is 7.97. The Bertz CT molecular complexity index is 124. The van der Waals surface area contributed by atoms with Crippen LogP contribution in [0.5, 0.6) is 0 Å². The van der Waals surface area contributed by atoms with E-state index in [0.717, 1.165) is 11.2 Å². The van der Waals surface area contributed by atoms with Gasteiger partial charge in [0.05, 0.1) is 12.2 Å². The van der Waals surface area contributed by atoms with Gasteiger partial charge in [-0.25, -0.2) is 0 Å². The van der Waals surface area contributed by atoms with E-state index in [1.165, 1.54) is 32.1 Å². The van der Waals surface area contributed by atoms with Crippen LogP contribution in [0.4, 0.5) is 0 Å². The van der Waals surface area contributed by atoms with Crippen LogP contribution in [0.1, 0.15) is 32.1 Å². The van der Waals surface area contributed by atoms with Crippen molar-refractivity contribution in [3.63, 3.8) is 0 Å². The molecule has 0 amide bonds. The summed E-state index contributed by atoms with van der Waals surface area (Å²) >= 11 is 3.48. The first-order valence-electron chi connectivity index (χ1n) is 4.61. The third-order valence-corrected chi connectivity index (χ3v) is 3.67. The highest BCUT2D eigenvalue weighted by Crippen LogP contribution is 2.37. The molecule has 2 aliphatic rings. The SMILES string of the molecule is BrCC1CC2CCCCC2O1. The first-order valence-corrected chi connectivity index (χ1v) is 5.73. The molecular weight excluding hydrogens is 204 g/mol. The van der Waals surface area contributed by atoms with Crippen molar-refractivity contribution < 1.29 is 4.74 Å². The predicted molar refractivity (Wildman–Crippen MR) is 49.0 cm³/mol. The highest BCUT2D eigenvalue weighted by Gasteiger charge is 2.35. The summed E-state index contributed by atoms with van der Waals surface area (Å²) in [5.74, 6) is 0.895. The van der Waals surface area contributed by atoms with E-state index in [0.29, 0.717) is 12.2 Å². The van der Waals surface area contributed by atoms with E-state index in [1.54, 1.807) is 0 Å². The lowest BCUT2D eigenvalue weighted by molar-refractivity contribution is 0.0296. The Kier molecular flexibility index (Phi) is 2.52. The number of hydrogen-bond donors (Lipinski definition) is 0. The Morgan fingerprint density at radius 1 is 1.27 bits per heavy atom. The molecule has 0 aromatic carbocycles. The van der Waals surface area contributed by atoms with Crippen LogP contribution in [-0.4, -0.2) is 17.5 Å². The van der Waals surface area contributed by atoms with E-state index in [1.807, 2.05) is 0 Å². The summed E-state index contributed by atoms with van der Waals surface area (Å²) in [5.41, 5.74) is 0.